The number of aryl methyl sites for hydroxylation is 2. The summed E-state index contributed by atoms with van der Waals surface area (Å²) in [5.41, 5.74) is 1.87. The van der Waals surface area contributed by atoms with E-state index in [0.717, 1.165) is 62.9 Å². The van der Waals surface area contributed by atoms with E-state index in [1.165, 1.54) is 0 Å². The first-order valence-corrected chi connectivity index (χ1v) is 7.68. The van der Waals surface area contributed by atoms with Crippen molar-refractivity contribution in [2.24, 2.45) is 0 Å². The van der Waals surface area contributed by atoms with Crippen LogP contribution in [-0.2, 0) is 4.74 Å². The molecule has 1 fully saturated rings. The van der Waals surface area contributed by atoms with Gasteiger partial charge in [0, 0.05) is 32.7 Å². The Bertz CT molecular complexity index is 511. The Balaban J connectivity index is 1.52. The minimum atomic E-state index is 0.348. The summed E-state index contributed by atoms with van der Waals surface area (Å²) in [4.78, 5) is 9.22. The van der Waals surface area contributed by atoms with E-state index in [1.807, 2.05) is 20.1 Å². The summed E-state index contributed by atoms with van der Waals surface area (Å²) in [7, 11) is 0. The Hall–Kier alpha value is -1.69. The highest BCUT2D eigenvalue weighted by molar-refractivity contribution is 5.30. The average molecular weight is 289 g/mol. The molecule has 3 rings (SSSR count). The lowest BCUT2D eigenvalue weighted by Gasteiger charge is -2.36. The van der Waals surface area contributed by atoms with Gasteiger partial charge in [-0.05, 0) is 32.8 Å². The molecule has 0 radical (unpaired) electrons. The van der Waals surface area contributed by atoms with Crippen molar-refractivity contribution >= 4 is 5.95 Å². The van der Waals surface area contributed by atoms with Crippen LogP contribution >= 0.6 is 0 Å². The molecular formula is C15H23N5O. The standard InChI is InChI=1S/C15H23N5O/c1-12-13(2)17-18-15(16-12)20-8-6-19(7-9-20)11-14-5-3-4-10-21-14/h4,10,14H,3,5-9,11H2,1-2H3. The summed E-state index contributed by atoms with van der Waals surface area (Å²) in [6, 6.07) is 0. The van der Waals surface area contributed by atoms with Crippen LogP contribution in [0.3, 0.4) is 0 Å². The molecule has 0 saturated carbocycles. The van der Waals surface area contributed by atoms with Crippen molar-refractivity contribution in [2.45, 2.75) is 32.8 Å². The largest absolute Gasteiger partial charge is 0.497 e. The molecule has 6 nitrogen and oxygen atoms in total. The van der Waals surface area contributed by atoms with Crippen LogP contribution in [0.25, 0.3) is 0 Å². The molecule has 21 heavy (non-hydrogen) atoms. The smallest absolute Gasteiger partial charge is 0.245 e. The third-order valence-electron chi connectivity index (χ3n) is 4.22. The van der Waals surface area contributed by atoms with Crippen LogP contribution in [-0.4, -0.2) is 58.9 Å². The van der Waals surface area contributed by atoms with E-state index in [-0.39, 0.29) is 0 Å². The Morgan fingerprint density at radius 3 is 2.62 bits per heavy atom. The predicted molar refractivity (Wildman–Crippen MR) is 81.2 cm³/mol. The van der Waals surface area contributed by atoms with E-state index in [2.05, 4.69) is 31.1 Å². The van der Waals surface area contributed by atoms with Gasteiger partial charge in [-0.1, -0.05) is 0 Å². The first kappa shape index (κ1) is 14.3. The zero-order chi connectivity index (χ0) is 14.7. The molecule has 1 atom stereocenters. The van der Waals surface area contributed by atoms with E-state index in [9.17, 15) is 0 Å². The zero-order valence-corrected chi connectivity index (χ0v) is 12.8. The van der Waals surface area contributed by atoms with Gasteiger partial charge in [-0.2, -0.15) is 5.10 Å². The van der Waals surface area contributed by atoms with Crippen molar-refractivity contribution in [1.82, 2.24) is 20.1 Å². The van der Waals surface area contributed by atoms with Crippen LogP contribution in [0, 0.1) is 13.8 Å². The number of nitrogens with zero attached hydrogens (tertiary/aromatic N) is 5. The maximum Gasteiger partial charge on any atom is 0.245 e. The number of hydrogen-bond donors (Lipinski definition) is 0. The Kier molecular flexibility index (Phi) is 4.34. The molecule has 0 spiro atoms. The molecule has 1 unspecified atom stereocenters. The van der Waals surface area contributed by atoms with Gasteiger partial charge in [-0.25, -0.2) is 4.98 Å². The highest BCUT2D eigenvalue weighted by Crippen LogP contribution is 2.15. The lowest BCUT2D eigenvalue weighted by Crippen LogP contribution is -2.49. The van der Waals surface area contributed by atoms with Crippen LogP contribution in [0.2, 0.25) is 0 Å². The summed E-state index contributed by atoms with van der Waals surface area (Å²) in [5, 5.41) is 8.39. The van der Waals surface area contributed by atoms with Gasteiger partial charge in [0.1, 0.15) is 6.10 Å². The molecule has 0 amide bonds. The van der Waals surface area contributed by atoms with Gasteiger partial charge in [-0.3, -0.25) is 4.90 Å². The van der Waals surface area contributed by atoms with Crippen LogP contribution in [0.1, 0.15) is 24.2 Å². The number of allylic oxidation sites excluding steroid dienone is 1. The van der Waals surface area contributed by atoms with E-state index in [0.29, 0.717) is 6.10 Å². The molecule has 3 heterocycles. The van der Waals surface area contributed by atoms with E-state index in [4.69, 9.17) is 4.74 Å². The van der Waals surface area contributed by atoms with Gasteiger partial charge in [0.25, 0.3) is 0 Å². The van der Waals surface area contributed by atoms with Crippen LogP contribution in [0.4, 0.5) is 5.95 Å². The van der Waals surface area contributed by atoms with E-state index in [1.54, 1.807) is 0 Å². The van der Waals surface area contributed by atoms with Crippen LogP contribution in [0.15, 0.2) is 12.3 Å². The van der Waals surface area contributed by atoms with Crippen LogP contribution < -0.4 is 4.90 Å². The molecule has 0 aromatic carbocycles. The third kappa shape index (κ3) is 3.50. The fourth-order valence-electron chi connectivity index (χ4n) is 2.72. The number of hydrogen-bond acceptors (Lipinski definition) is 6. The Labute approximate surface area is 125 Å². The molecule has 1 aromatic heterocycles. The van der Waals surface area contributed by atoms with Gasteiger partial charge in [0.05, 0.1) is 17.6 Å². The maximum absolute atomic E-state index is 5.65. The molecule has 2 aliphatic rings. The lowest BCUT2D eigenvalue weighted by molar-refractivity contribution is 0.0765. The van der Waals surface area contributed by atoms with Gasteiger partial charge < -0.3 is 9.64 Å². The number of anilines is 1. The highest BCUT2D eigenvalue weighted by Gasteiger charge is 2.22. The maximum atomic E-state index is 5.65. The molecule has 6 heteroatoms. The minimum absolute atomic E-state index is 0.348. The summed E-state index contributed by atoms with van der Waals surface area (Å²) in [5.74, 6) is 0.759. The number of ether oxygens (including phenoxy) is 1. The average Bonchev–Trinajstić information content (AvgIpc) is 2.52. The minimum Gasteiger partial charge on any atom is -0.497 e. The predicted octanol–water partition coefficient (Wildman–Crippen LogP) is 1.30. The lowest BCUT2D eigenvalue weighted by atomic mass is 10.1. The second kappa shape index (κ2) is 6.39. The fourth-order valence-corrected chi connectivity index (χ4v) is 2.72. The van der Waals surface area contributed by atoms with Gasteiger partial charge in [0.2, 0.25) is 5.95 Å². The molecule has 0 aliphatic carbocycles. The third-order valence-corrected chi connectivity index (χ3v) is 4.22. The van der Waals surface area contributed by atoms with Gasteiger partial charge in [0.15, 0.2) is 0 Å². The zero-order valence-electron chi connectivity index (χ0n) is 12.8. The fraction of sp³-hybridized carbons (Fsp3) is 0.667. The van der Waals surface area contributed by atoms with Gasteiger partial charge >= 0.3 is 0 Å². The summed E-state index contributed by atoms with van der Waals surface area (Å²) < 4.78 is 5.65. The van der Waals surface area contributed by atoms with E-state index < -0.39 is 0 Å². The summed E-state index contributed by atoms with van der Waals surface area (Å²) in [6.07, 6.45) is 6.55. The normalized spacial score (nSPS) is 23.1. The van der Waals surface area contributed by atoms with Crippen molar-refractivity contribution in [3.8, 4) is 0 Å². The molecule has 114 valence electrons. The quantitative estimate of drug-likeness (QED) is 0.836. The highest BCUT2D eigenvalue weighted by atomic mass is 16.5. The van der Waals surface area contributed by atoms with Crippen molar-refractivity contribution in [3.05, 3.63) is 23.7 Å². The van der Waals surface area contributed by atoms with Crippen molar-refractivity contribution in [3.63, 3.8) is 0 Å². The monoisotopic (exact) mass is 289 g/mol. The molecular weight excluding hydrogens is 266 g/mol. The number of aromatic nitrogens is 3. The second-order valence-electron chi connectivity index (χ2n) is 5.78. The molecule has 0 bridgehead atoms. The van der Waals surface area contributed by atoms with Crippen molar-refractivity contribution < 1.29 is 4.74 Å². The SMILES string of the molecule is Cc1nnc(N2CCN(CC3CCC=CO3)CC2)nc1C. The Morgan fingerprint density at radius 2 is 1.95 bits per heavy atom. The topological polar surface area (TPSA) is 54.4 Å². The number of rotatable bonds is 3. The summed E-state index contributed by atoms with van der Waals surface area (Å²) >= 11 is 0. The van der Waals surface area contributed by atoms with Crippen molar-refractivity contribution in [2.75, 3.05) is 37.6 Å². The number of piperazine rings is 1. The van der Waals surface area contributed by atoms with Crippen molar-refractivity contribution in [1.29, 1.82) is 0 Å². The summed E-state index contributed by atoms with van der Waals surface area (Å²) in [6.45, 7) is 8.90. The molecule has 0 N–H and O–H groups in total. The molecule has 2 aliphatic heterocycles. The Morgan fingerprint density at radius 1 is 1.14 bits per heavy atom. The van der Waals surface area contributed by atoms with Crippen LogP contribution in [0.5, 0.6) is 0 Å². The van der Waals surface area contributed by atoms with E-state index >= 15 is 0 Å². The first-order valence-electron chi connectivity index (χ1n) is 7.68. The first-order chi connectivity index (χ1) is 10.2. The second-order valence-corrected chi connectivity index (χ2v) is 5.78. The molecule has 1 aromatic rings. The molecule has 1 saturated heterocycles. The van der Waals surface area contributed by atoms with Gasteiger partial charge in [-0.15, -0.1) is 5.10 Å².